The predicted octanol–water partition coefficient (Wildman–Crippen LogP) is 2.76. The molecule has 2 aromatic carbocycles. The monoisotopic (exact) mass is 548 g/mol. The van der Waals surface area contributed by atoms with E-state index in [0.29, 0.717) is 24.1 Å². The second kappa shape index (κ2) is 10.9. The van der Waals surface area contributed by atoms with Gasteiger partial charge in [0.25, 0.3) is 5.91 Å². The van der Waals surface area contributed by atoms with Crippen molar-refractivity contribution in [2.45, 2.75) is 50.6 Å². The standard InChI is InChI=1S/C29H32N4O5S/c1-19(2)15-24(31-28(35)22-11-10-20-7-3-4-8-21(20)16-22)29(36)32-14-12-25-27(32)26(34)17-33(25)39(37,38)18-23-9-5-6-13-30-23/h3-11,13,16,19,24-25,27H,12,14-15,17-18H2,1-2H3,(H,31,35). The summed E-state index contributed by atoms with van der Waals surface area (Å²) >= 11 is 0. The van der Waals surface area contributed by atoms with E-state index in [1.807, 2.05) is 44.2 Å². The van der Waals surface area contributed by atoms with Crippen LogP contribution in [-0.4, -0.2) is 71.4 Å². The molecule has 1 aromatic heterocycles. The van der Waals surface area contributed by atoms with Gasteiger partial charge in [0.1, 0.15) is 17.8 Å². The molecule has 0 radical (unpaired) electrons. The van der Waals surface area contributed by atoms with Gasteiger partial charge in [0, 0.05) is 18.3 Å². The highest BCUT2D eigenvalue weighted by atomic mass is 32.2. The number of nitrogens with zero attached hydrogens (tertiary/aromatic N) is 3. The van der Waals surface area contributed by atoms with Crippen molar-refractivity contribution in [3.8, 4) is 0 Å². The number of hydrogen-bond donors (Lipinski definition) is 1. The van der Waals surface area contributed by atoms with Crippen molar-refractivity contribution >= 4 is 38.4 Å². The Morgan fingerprint density at radius 1 is 1.05 bits per heavy atom. The van der Waals surface area contributed by atoms with Crippen LogP contribution in [-0.2, 0) is 25.4 Å². The summed E-state index contributed by atoms with van der Waals surface area (Å²) in [5.74, 6) is -1.24. The molecule has 3 aromatic rings. The number of sulfonamides is 1. The normalized spacial score (nSPS) is 20.4. The van der Waals surface area contributed by atoms with Gasteiger partial charge in [0.05, 0.1) is 18.3 Å². The van der Waals surface area contributed by atoms with E-state index in [1.165, 1.54) is 15.4 Å². The van der Waals surface area contributed by atoms with Crippen LogP contribution in [0, 0.1) is 5.92 Å². The van der Waals surface area contributed by atoms with E-state index < -0.39 is 28.1 Å². The Hall–Kier alpha value is -3.63. The maximum Gasteiger partial charge on any atom is 0.251 e. The number of fused-ring (bicyclic) bond motifs is 2. The van der Waals surface area contributed by atoms with Crippen LogP contribution < -0.4 is 5.32 Å². The van der Waals surface area contributed by atoms with Crippen LogP contribution >= 0.6 is 0 Å². The Kier molecular flexibility index (Phi) is 7.51. The Labute approximate surface area is 228 Å². The second-order valence-electron chi connectivity index (χ2n) is 10.6. The molecule has 204 valence electrons. The third-order valence-corrected chi connectivity index (χ3v) is 9.17. The number of hydrogen-bond acceptors (Lipinski definition) is 6. The number of rotatable bonds is 8. The Morgan fingerprint density at radius 2 is 1.79 bits per heavy atom. The summed E-state index contributed by atoms with van der Waals surface area (Å²) in [6.45, 7) is 3.90. The zero-order chi connectivity index (χ0) is 27.7. The lowest BCUT2D eigenvalue weighted by Crippen LogP contribution is -2.53. The summed E-state index contributed by atoms with van der Waals surface area (Å²) in [5, 5.41) is 4.82. The molecule has 3 unspecified atom stereocenters. The maximum absolute atomic E-state index is 13.8. The van der Waals surface area contributed by atoms with E-state index in [1.54, 1.807) is 30.3 Å². The van der Waals surface area contributed by atoms with Crippen LogP contribution in [0.5, 0.6) is 0 Å². The van der Waals surface area contributed by atoms with Crippen molar-refractivity contribution in [1.82, 2.24) is 19.5 Å². The zero-order valence-electron chi connectivity index (χ0n) is 22.0. The van der Waals surface area contributed by atoms with E-state index >= 15 is 0 Å². The number of ketones is 1. The summed E-state index contributed by atoms with van der Waals surface area (Å²) in [5.41, 5.74) is 0.839. The largest absolute Gasteiger partial charge is 0.340 e. The van der Waals surface area contributed by atoms with E-state index in [0.717, 1.165) is 10.8 Å². The number of carbonyl (C=O) groups excluding carboxylic acids is 3. The number of benzene rings is 2. The average Bonchev–Trinajstić information content (AvgIpc) is 3.49. The van der Waals surface area contributed by atoms with Crippen molar-refractivity contribution in [2.75, 3.05) is 13.1 Å². The lowest BCUT2D eigenvalue weighted by molar-refractivity contribution is -0.138. The van der Waals surface area contributed by atoms with Crippen LogP contribution in [0.4, 0.5) is 0 Å². The van der Waals surface area contributed by atoms with E-state index in [9.17, 15) is 22.8 Å². The summed E-state index contributed by atoms with van der Waals surface area (Å²) in [4.78, 5) is 45.7. The van der Waals surface area contributed by atoms with Gasteiger partial charge in [-0.15, -0.1) is 0 Å². The van der Waals surface area contributed by atoms with Gasteiger partial charge in [-0.2, -0.15) is 4.31 Å². The van der Waals surface area contributed by atoms with E-state index in [4.69, 9.17) is 0 Å². The first kappa shape index (κ1) is 27.0. The molecule has 2 amide bonds. The molecule has 2 aliphatic rings. The smallest absolute Gasteiger partial charge is 0.251 e. The number of amides is 2. The summed E-state index contributed by atoms with van der Waals surface area (Å²) in [6.07, 6.45) is 2.28. The van der Waals surface area contributed by atoms with E-state index in [-0.39, 0.29) is 42.4 Å². The Bertz CT molecular complexity index is 1510. The molecule has 2 fully saturated rings. The number of nitrogens with one attached hydrogen (secondary N) is 1. The highest BCUT2D eigenvalue weighted by Gasteiger charge is 2.54. The van der Waals surface area contributed by atoms with Crippen LogP contribution in [0.25, 0.3) is 10.8 Å². The fourth-order valence-electron chi connectivity index (χ4n) is 5.60. The van der Waals surface area contributed by atoms with Crippen molar-refractivity contribution < 1.29 is 22.8 Å². The number of Topliss-reactive ketones (excluding diaryl/α,β-unsaturated/α-hetero) is 1. The highest BCUT2D eigenvalue weighted by Crippen LogP contribution is 2.33. The quantitative estimate of drug-likeness (QED) is 0.463. The third kappa shape index (κ3) is 5.58. The van der Waals surface area contributed by atoms with E-state index in [2.05, 4.69) is 10.3 Å². The minimum absolute atomic E-state index is 0.101. The molecular weight excluding hydrogens is 516 g/mol. The molecule has 0 saturated carbocycles. The van der Waals surface area contributed by atoms with Crippen molar-refractivity contribution in [3.63, 3.8) is 0 Å². The summed E-state index contributed by atoms with van der Waals surface area (Å²) in [6, 6.07) is 15.8. The fourth-order valence-corrected chi connectivity index (χ4v) is 7.27. The molecule has 1 N–H and O–H groups in total. The van der Waals surface area contributed by atoms with Gasteiger partial charge in [-0.25, -0.2) is 8.42 Å². The van der Waals surface area contributed by atoms with Crippen molar-refractivity contribution in [3.05, 3.63) is 78.1 Å². The first-order valence-corrected chi connectivity index (χ1v) is 14.8. The van der Waals surface area contributed by atoms with Crippen LogP contribution in [0.1, 0.15) is 42.7 Å². The molecule has 2 saturated heterocycles. The topological polar surface area (TPSA) is 117 Å². The Morgan fingerprint density at radius 3 is 2.51 bits per heavy atom. The fraction of sp³-hybridized carbons (Fsp3) is 0.379. The van der Waals surface area contributed by atoms with Crippen LogP contribution in [0.2, 0.25) is 0 Å². The van der Waals surface area contributed by atoms with Gasteiger partial charge in [-0.1, -0.05) is 50.2 Å². The van der Waals surface area contributed by atoms with Crippen molar-refractivity contribution in [2.24, 2.45) is 5.92 Å². The molecule has 2 aliphatic heterocycles. The first-order valence-electron chi connectivity index (χ1n) is 13.2. The molecule has 10 heteroatoms. The molecule has 0 spiro atoms. The minimum atomic E-state index is -3.82. The minimum Gasteiger partial charge on any atom is -0.340 e. The van der Waals surface area contributed by atoms with Crippen LogP contribution in [0.3, 0.4) is 0 Å². The summed E-state index contributed by atoms with van der Waals surface area (Å²) < 4.78 is 27.7. The van der Waals surface area contributed by atoms with Gasteiger partial charge in [0.15, 0.2) is 5.78 Å². The number of aromatic nitrogens is 1. The predicted molar refractivity (Wildman–Crippen MR) is 147 cm³/mol. The number of carbonyl (C=O) groups is 3. The molecule has 39 heavy (non-hydrogen) atoms. The molecule has 5 rings (SSSR count). The SMILES string of the molecule is CC(C)CC(NC(=O)c1ccc2ccccc2c1)C(=O)N1CCC2C1C(=O)CN2S(=O)(=O)Cc1ccccn1. The Balaban J connectivity index is 1.33. The molecule has 9 nitrogen and oxygen atoms in total. The molecular formula is C29H32N4O5S. The molecule has 0 aliphatic carbocycles. The number of likely N-dealkylation sites (tertiary alicyclic amines) is 1. The first-order chi connectivity index (χ1) is 18.6. The van der Waals surface area contributed by atoms with Gasteiger partial charge < -0.3 is 10.2 Å². The van der Waals surface area contributed by atoms with Gasteiger partial charge >= 0.3 is 0 Å². The second-order valence-corrected chi connectivity index (χ2v) is 12.6. The molecule has 0 bridgehead atoms. The summed E-state index contributed by atoms with van der Waals surface area (Å²) in [7, 11) is -3.82. The molecule has 3 atom stereocenters. The average molecular weight is 549 g/mol. The molecule has 3 heterocycles. The lowest BCUT2D eigenvalue weighted by Gasteiger charge is -2.29. The third-order valence-electron chi connectivity index (χ3n) is 7.40. The van der Waals surface area contributed by atoms with Gasteiger partial charge in [-0.05, 0) is 53.8 Å². The maximum atomic E-state index is 13.8. The highest BCUT2D eigenvalue weighted by molar-refractivity contribution is 7.88. The van der Waals surface area contributed by atoms with Crippen LogP contribution in [0.15, 0.2) is 66.9 Å². The van der Waals surface area contributed by atoms with Gasteiger partial charge in [0.2, 0.25) is 15.9 Å². The van der Waals surface area contributed by atoms with Gasteiger partial charge in [-0.3, -0.25) is 19.4 Å². The lowest BCUT2D eigenvalue weighted by atomic mass is 10.0. The zero-order valence-corrected chi connectivity index (χ0v) is 22.8. The van der Waals surface area contributed by atoms with Crippen molar-refractivity contribution in [1.29, 1.82) is 0 Å². The number of pyridine rings is 1.